The summed E-state index contributed by atoms with van der Waals surface area (Å²) in [5.41, 5.74) is 3.85. The van der Waals surface area contributed by atoms with E-state index >= 15 is 0 Å². The van der Waals surface area contributed by atoms with Crippen LogP contribution in [0.25, 0.3) is 22.3 Å². The van der Waals surface area contributed by atoms with Crippen molar-refractivity contribution in [2.45, 2.75) is 83.1 Å². The molecule has 10 nitrogen and oxygen atoms in total. The molecule has 4 aliphatic rings. The number of alkyl carbamates (subject to hydrolysis) is 1. The SMILES string of the molecule is CCC1C(=O)OCc2c1cc1n(c2=O)Cc2c-1nc1cc(F)cc3c1c2C(NC(=O)OC1/C=C/CCC(C(=O)Oc2c(F)c(F)c(F)c(F)c2F)CC1)CC3. The summed E-state index contributed by atoms with van der Waals surface area (Å²) in [6, 6.07) is 3.83. The van der Waals surface area contributed by atoms with Crippen molar-refractivity contribution in [2.75, 3.05) is 0 Å². The molecular formula is C39H31F6N3O7. The molecule has 0 saturated heterocycles. The molecule has 0 bridgehead atoms. The number of cyclic esters (lactones) is 1. The van der Waals surface area contributed by atoms with Crippen LogP contribution < -0.4 is 15.6 Å². The Morgan fingerprint density at radius 3 is 2.44 bits per heavy atom. The molecule has 2 aliphatic carbocycles. The number of allylic oxidation sites excluding steroid dienone is 1. The van der Waals surface area contributed by atoms with Crippen molar-refractivity contribution in [3.05, 3.63) is 103 Å². The number of hydrogen-bond donors (Lipinski definition) is 1. The van der Waals surface area contributed by atoms with Gasteiger partial charge in [0.1, 0.15) is 18.5 Å². The van der Waals surface area contributed by atoms with E-state index in [0.29, 0.717) is 69.4 Å². The molecule has 8 rings (SSSR count). The molecule has 1 amide bonds. The van der Waals surface area contributed by atoms with Gasteiger partial charge in [0.25, 0.3) is 5.56 Å². The number of halogens is 6. The lowest BCUT2D eigenvalue weighted by molar-refractivity contribution is -0.148. The van der Waals surface area contributed by atoms with Crippen LogP contribution in [0.4, 0.5) is 31.1 Å². The molecule has 16 heteroatoms. The number of ether oxygens (including phenoxy) is 3. The highest BCUT2D eigenvalue weighted by atomic mass is 19.2. The predicted octanol–water partition coefficient (Wildman–Crippen LogP) is 7.24. The van der Waals surface area contributed by atoms with Crippen molar-refractivity contribution >= 4 is 28.9 Å². The minimum atomic E-state index is -2.38. The van der Waals surface area contributed by atoms with Gasteiger partial charge in [-0.25, -0.2) is 27.3 Å². The third-order valence-electron chi connectivity index (χ3n) is 10.8. The number of aryl methyl sites for hydroxylation is 1. The molecule has 2 aliphatic heterocycles. The van der Waals surface area contributed by atoms with E-state index in [-0.39, 0.29) is 44.4 Å². The molecule has 4 unspecified atom stereocenters. The standard InChI is InChI=1S/C39H31F6N3O7/c1-2-20-21-13-26-34-22(14-48(26)36(49)23(21)15-53-38(20)51)28-24(10-8-17-11-18(40)12-25(46-34)27(17)28)47-39(52)54-19-6-4-3-5-16(7-9-19)37(50)55-35-32(44)30(42)29(41)31(43)33(35)45/h4,6,11-13,16,19-20,24H,2-3,5,7-10,14-15H2,1H3,(H,47,52)/b6-4+. The van der Waals surface area contributed by atoms with Gasteiger partial charge in [-0.05, 0) is 79.8 Å². The Hall–Kier alpha value is -5.67. The monoisotopic (exact) mass is 767 g/mol. The second kappa shape index (κ2) is 13.9. The first-order valence-electron chi connectivity index (χ1n) is 17.8. The van der Waals surface area contributed by atoms with E-state index in [2.05, 4.69) is 10.1 Å². The van der Waals surface area contributed by atoms with Gasteiger partial charge in [-0.2, -0.15) is 8.78 Å². The Morgan fingerprint density at radius 1 is 0.945 bits per heavy atom. The lowest BCUT2D eigenvalue weighted by Crippen LogP contribution is -2.35. The van der Waals surface area contributed by atoms with Gasteiger partial charge in [-0.3, -0.25) is 14.4 Å². The highest BCUT2D eigenvalue weighted by molar-refractivity contribution is 5.93. The van der Waals surface area contributed by atoms with Crippen LogP contribution in [0.5, 0.6) is 5.75 Å². The van der Waals surface area contributed by atoms with Crippen LogP contribution in [0, 0.1) is 40.8 Å². The number of carbonyl (C=O) groups excluding carboxylic acids is 3. The molecule has 0 saturated carbocycles. The minimum Gasteiger partial charge on any atom is -0.460 e. The lowest BCUT2D eigenvalue weighted by atomic mass is 9.83. The number of carbonyl (C=O) groups is 3. The van der Waals surface area contributed by atoms with Crippen LogP contribution in [-0.4, -0.2) is 33.7 Å². The van der Waals surface area contributed by atoms with E-state index in [9.17, 15) is 45.5 Å². The molecule has 0 radical (unpaired) electrons. The van der Waals surface area contributed by atoms with Crippen molar-refractivity contribution in [1.29, 1.82) is 0 Å². The van der Waals surface area contributed by atoms with Gasteiger partial charge in [-0.15, -0.1) is 0 Å². The van der Waals surface area contributed by atoms with Gasteiger partial charge in [0.15, 0.2) is 0 Å². The third kappa shape index (κ3) is 6.11. The molecule has 2 aromatic carbocycles. The van der Waals surface area contributed by atoms with Gasteiger partial charge in [0.2, 0.25) is 34.8 Å². The minimum absolute atomic E-state index is 0.0100. The van der Waals surface area contributed by atoms with E-state index in [0.717, 1.165) is 0 Å². The molecule has 0 spiro atoms. The van der Waals surface area contributed by atoms with Crippen molar-refractivity contribution in [2.24, 2.45) is 5.92 Å². The fourth-order valence-electron chi connectivity index (χ4n) is 8.15. The number of pyridine rings is 2. The molecule has 55 heavy (non-hydrogen) atoms. The van der Waals surface area contributed by atoms with Gasteiger partial charge in [0.05, 0.1) is 46.9 Å². The number of esters is 2. The normalized spacial score (nSPS) is 21.8. The Morgan fingerprint density at radius 2 is 1.69 bits per heavy atom. The number of amides is 1. The first-order valence-corrected chi connectivity index (χ1v) is 17.8. The zero-order chi connectivity index (χ0) is 38.9. The molecule has 4 atom stereocenters. The zero-order valence-electron chi connectivity index (χ0n) is 29.1. The van der Waals surface area contributed by atoms with Crippen molar-refractivity contribution < 1.29 is 54.9 Å². The second-order valence-electron chi connectivity index (χ2n) is 14.0. The van der Waals surface area contributed by atoms with Crippen LogP contribution in [-0.2, 0) is 38.6 Å². The largest absolute Gasteiger partial charge is 0.460 e. The van der Waals surface area contributed by atoms with E-state index in [1.807, 2.05) is 6.92 Å². The highest BCUT2D eigenvalue weighted by Crippen LogP contribution is 2.45. The van der Waals surface area contributed by atoms with Crippen molar-refractivity contribution in [3.8, 4) is 17.1 Å². The van der Waals surface area contributed by atoms with E-state index in [1.54, 1.807) is 22.8 Å². The van der Waals surface area contributed by atoms with Gasteiger partial charge >= 0.3 is 18.0 Å². The summed E-state index contributed by atoms with van der Waals surface area (Å²) in [5.74, 6) is -16.9. The topological polar surface area (TPSA) is 126 Å². The number of benzene rings is 2. The summed E-state index contributed by atoms with van der Waals surface area (Å²) in [7, 11) is 0. The summed E-state index contributed by atoms with van der Waals surface area (Å²) in [5, 5.41) is 3.56. The number of nitrogens with zero attached hydrogens (tertiary/aromatic N) is 2. The zero-order valence-corrected chi connectivity index (χ0v) is 29.1. The highest BCUT2D eigenvalue weighted by Gasteiger charge is 2.38. The first kappa shape index (κ1) is 36.3. The second-order valence-corrected chi connectivity index (χ2v) is 14.0. The van der Waals surface area contributed by atoms with Crippen LogP contribution in [0.15, 0.2) is 35.1 Å². The van der Waals surface area contributed by atoms with E-state index in [1.165, 1.54) is 12.1 Å². The Kier molecular flexibility index (Phi) is 9.16. The predicted molar refractivity (Wildman–Crippen MR) is 181 cm³/mol. The maximum Gasteiger partial charge on any atom is 0.408 e. The number of aromatic nitrogens is 2. The first-order chi connectivity index (χ1) is 26.4. The van der Waals surface area contributed by atoms with Crippen LogP contribution in [0.3, 0.4) is 0 Å². The number of rotatable bonds is 5. The van der Waals surface area contributed by atoms with E-state index in [4.69, 9.17) is 14.5 Å². The smallest absolute Gasteiger partial charge is 0.408 e. The van der Waals surface area contributed by atoms with Crippen molar-refractivity contribution in [1.82, 2.24) is 14.9 Å². The summed E-state index contributed by atoms with van der Waals surface area (Å²) in [6.45, 7) is 1.77. The number of fused-ring (bicyclic) bond motifs is 5. The van der Waals surface area contributed by atoms with Crippen LogP contribution >= 0.6 is 0 Å². The van der Waals surface area contributed by atoms with Gasteiger partial charge in [-0.1, -0.05) is 13.0 Å². The Labute approximate surface area is 308 Å². The maximum atomic E-state index is 14.9. The van der Waals surface area contributed by atoms with Crippen LogP contribution in [0.1, 0.15) is 85.2 Å². The molecular weight excluding hydrogens is 736 g/mol. The molecule has 2 aromatic heterocycles. The molecule has 286 valence electrons. The molecule has 0 fully saturated rings. The maximum absolute atomic E-state index is 14.9. The van der Waals surface area contributed by atoms with Gasteiger partial charge in [0, 0.05) is 17.0 Å². The van der Waals surface area contributed by atoms with E-state index < -0.39 is 82.7 Å². The molecule has 4 heterocycles. The lowest BCUT2D eigenvalue weighted by Gasteiger charge is -2.29. The fraction of sp³-hybridized carbons (Fsp3) is 0.359. The molecule has 1 N–H and O–H groups in total. The number of nitrogens with one attached hydrogen (secondary N) is 1. The quantitative estimate of drug-likeness (QED) is 0.0496. The summed E-state index contributed by atoms with van der Waals surface area (Å²) in [6.07, 6.45) is 3.14. The van der Waals surface area contributed by atoms with Gasteiger partial charge < -0.3 is 24.1 Å². The summed E-state index contributed by atoms with van der Waals surface area (Å²) < 4.78 is 101. The average molecular weight is 768 g/mol. The molecule has 4 aromatic rings. The Bertz CT molecular complexity index is 2400. The fourth-order valence-corrected chi connectivity index (χ4v) is 8.15. The van der Waals surface area contributed by atoms with Crippen molar-refractivity contribution in [3.63, 3.8) is 0 Å². The number of hydrogen-bond acceptors (Lipinski definition) is 8. The third-order valence-corrected chi connectivity index (χ3v) is 10.8. The van der Waals surface area contributed by atoms with Crippen LogP contribution in [0.2, 0.25) is 0 Å². The Balaban J connectivity index is 1.04. The average Bonchev–Trinajstić information content (AvgIpc) is 3.52. The summed E-state index contributed by atoms with van der Waals surface area (Å²) >= 11 is 0. The summed E-state index contributed by atoms with van der Waals surface area (Å²) in [4.78, 5) is 57.6.